The summed E-state index contributed by atoms with van der Waals surface area (Å²) in [7, 11) is -2.58. The molecule has 0 aromatic heterocycles. The summed E-state index contributed by atoms with van der Waals surface area (Å²) < 4.78 is 37.2. The molecule has 0 heterocycles. The summed E-state index contributed by atoms with van der Waals surface area (Å²) >= 11 is 0. The highest BCUT2D eigenvalue weighted by Gasteiger charge is 2.25. The van der Waals surface area contributed by atoms with Crippen molar-refractivity contribution in [3.8, 4) is 5.75 Å². The van der Waals surface area contributed by atoms with Crippen LogP contribution in [0.1, 0.15) is 32.8 Å². The van der Waals surface area contributed by atoms with Gasteiger partial charge in [-0.1, -0.05) is 6.92 Å². The van der Waals surface area contributed by atoms with E-state index in [2.05, 4.69) is 9.46 Å². The number of hydrogen-bond donors (Lipinski definition) is 1. The number of benzene rings is 1. The van der Waals surface area contributed by atoms with Gasteiger partial charge in [0.05, 0.1) is 18.1 Å². The molecule has 1 aromatic rings. The van der Waals surface area contributed by atoms with Crippen molar-refractivity contribution in [2.24, 2.45) is 0 Å². The summed E-state index contributed by atoms with van der Waals surface area (Å²) in [4.78, 5) is 11.6. The molecule has 1 atom stereocenters. The topological polar surface area (TPSA) is 81.7 Å². The van der Waals surface area contributed by atoms with E-state index in [4.69, 9.17) is 4.74 Å². The first kappa shape index (κ1) is 18.4. The zero-order valence-corrected chi connectivity index (χ0v) is 14.4. The molecule has 1 rings (SSSR count). The summed E-state index contributed by atoms with van der Waals surface area (Å²) in [6.07, 6.45) is 0.308. The van der Waals surface area contributed by atoms with E-state index < -0.39 is 22.0 Å². The van der Waals surface area contributed by atoms with E-state index in [0.29, 0.717) is 17.7 Å². The second-order valence-corrected chi connectivity index (χ2v) is 6.91. The molecule has 124 valence electrons. The fourth-order valence-corrected chi connectivity index (χ4v) is 3.22. The molecule has 6 nitrogen and oxygen atoms in total. The lowest BCUT2D eigenvalue weighted by molar-refractivity contribution is -0.142. The summed E-state index contributed by atoms with van der Waals surface area (Å²) in [6, 6.07) is 3.69. The highest BCUT2D eigenvalue weighted by atomic mass is 32.2. The van der Waals surface area contributed by atoms with Crippen molar-refractivity contribution in [2.45, 2.75) is 51.2 Å². The first-order chi connectivity index (χ1) is 10.2. The van der Waals surface area contributed by atoms with Crippen LogP contribution < -0.4 is 9.46 Å². The van der Waals surface area contributed by atoms with Crippen LogP contribution in [0.2, 0.25) is 0 Å². The maximum absolute atomic E-state index is 12.3. The molecule has 0 aliphatic heterocycles. The third-order valence-corrected chi connectivity index (χ3v) is 4.48. The van der Waals surface area contributed by atoms with Gasteiger partial charge >= 0.3 is 5.97 Å². The van der Waals surface area contributed by atoms with Crippen LogP contribution in [0, 0.1) is 6.92 Å². The number of sulfonamides is 1. The molecular weight excluding hydrogens is 306 g/mol. The van der Waals surface area contributed by atoms with Gasteiger partial charge in [-0.3, -0.25) is 4.79 Å². The molecule has 1 N–H and O–H groups in total. The van der Waals surface area contributed by atoms with Crippen LogP contribution in [-0.4, -0.2) is 33.6 Å². The van der Waals surface area contributed by atoms with Crippen molar-refractivity contribution >= 4 is 16.0 Å². The largest absolute Gasteiger partial charge is 0.491 e. The fourth-order valence-electron chi connectivity index (χ4n) is 1.87. The normalized spacial score (nSPS) is 13.0. The van der Waals surface area contributed by atoms with Crippen molar-refractivity contribution < 1.29 is 22.7 Å². The third-order valence-electron chi connectivity index (χ3n) is 3.01. The van der Waals surface area contributed by atoms with E-state index in [-0.39, 0.29) is 11.0 Å². The first-order valence-corrected chi connectivity index (χ1v) is 8.57. The minimum Gasteiger partial charge on any atom is -0.491 e. The van der Waals surface area contributed by atoms with Gasteiger partial charge in [-0.2, -0.15) is 4.72 Å². The average molecular weight is 329 g/mol. The predicted octanol–water partition coefficient (Wildman–Crippen LogP) is 2.01. The number of hydrogen-bond acceptors (Lipinski definition) is 5. The molecule has 1 aromatic carbocycles. The lowest BCUT2D eigenvalue weighted by Crippen LogP contribution is -2.40. The van der Waals surface area contributed by atoms with Crippen LogP contribution in [0.5, 0.6) is 5.75 Å². The van der Waals surface area contributed by atoms with E-state index in [0.717, 1.165) is 0 Å². The Labute approximate surface area is 131 Å². The van der Waals surface area contributed by atoms with Crippen molar-refractivity contribution in [2.75, 3.05) is 7.11 Å². The number of ether oxygens (including phenoxy) is 2. The second kappa shape index (κ2) is 7.60. The fraction of sp³-hybridized carbons (Fsp3) is 0.533. The zero-order chi connectivity index (χ0) is 16.9. The molecular formula is C15H23NO5S. The van der Waals surface area contributed by atoms with E-state index in [9.17, 15) is 13.2 Å². The number of methoxy groups -OCH3 is 1. The highest BCUT2D eigenvalue weighted by Crippen LogP contribution is 2.23. The van der Waals surface area contributed by atoms with E-state index in [1.807, 2.05) is 13.8 Å². The summed E-state index contributed by atoms with van der Waals surface area (Å²) in [5.74, 6) is 0.0246. The minimum absolute atomic E-state index is 0.00285. The smallest absolute Gasteiger partial charge is 0.323 e. The number of esters is 1. The summed E-state index contributed by atoms with van der Waals surface area (Å²) in [5, 5.41) is 0. The Hall–Kier alpha value is -1.60. The van der Waals surface area contributed by atoms with Gasteiger partial charge in [-0.15, -0.1) is 0 Å². The standard InChI is InChI=1S/C15H23NO5S/c1-6-13(15(17)20-5)16-22(18,19)12-7-8-14(11(4)9-12)21-10(2)3/h7-10,13,16H,6H2,1-5H3/t13-/m0/s1. The van der Waals surface area contributed by atoms with Crippen LogP contribution in [-0.2, 0) is 19.6 Å². The molecule has 0 saturated carbocycles. The zero-order valence-electron chi connectivity index (χ0n) is 13.5. The van der Waals surface area contributed by atoms with Gasteiger partial charge in [0.1, 0.15) is 11.8 Å². The number of aryl methyl sites for hydroxylation is 1. The minimum atomic E-state index is -3.80. The number of rotatable bonds is 7. The van der Waals surface area contributed by atoms with Gasteiger partial charge in [-0.25, -0.2) is 8.42 Å². The number of carbonyl (C=O) groups excluding carboxylic acids is 1. The molecule has 0 radical (unpaired) electrons. The summed E-state index contributed by atoms with van der Waals surface area (Å²) in [6.45, 7) is 7.27. The molecule has 0 aliphatic rings. The summed E-state index contributed by atoms with van der Waals surface area (Å²) in [5.41, 5.74) is 0.711. The highest BCUT2D eigenvalue weighted by molar-refractivity contribution is 7.89. The van der Waals surface area contributed by atoms with Crippen LogP contribution in [0.15, 0.2) is 23.1 Å². The SMILES string of the molecule is CC[C@H](NS(=O)(=O)c1ccc(OC(C)C)c(C)c1)C(=O)OC. The quantitative estimate of drug-likeness (QED) is 0.774. The Morgan fingerprint density at radius 1 is 1.32 bits per heavy atom. The first-order valence-electron chi connectivity index (χ1n) is 7.08. The van der Waals surface area contributed by atoms with E-state index >= 15 is 0 Å². The van der Waals surface area contributed by atoms with Crippen molar-refractivity contribution in [1.82, 2.24) is 4.72 Å². The van der Waals surface area contributed by atoms with Gasteiger partial charge in [-0.05, 0) is 51.0 Å². The molecule has 0 aliphatic carbocycles. The lowest BCUT2D eigenvalue weighted by atomic mass is 10.2. The Balaban J connectivity index is 3.03. The second-order valence-electron chi connectivity index (χ2n) is 5.20. The Morgan fingerprint density at radius 3 is 2.41 bits per heavy atom. The molecule has 0 spiro atoms. The van der Waals surface area contributed by atoms with E-state index in [1.54, 1.807) is 19.9 Å². The Kier molecular flexibility index (Phi) is 6.37. The lowest BCUT2D eigenvalue weighted by Gasteiger charge is -2.16. The van der Waals surface area contributed by atoms with Gasteiger partial charge in [0.15, 0.2) is 0 Å². The molecule has 0 amide bonds. The van der Waals surface area contributed by atoms with Gasteiger partial charge in [0.25, 0.3) is 0 Å². The van der Waals surface area contributed by atoms with Crippen molar-refractivity contribution in [1.29, 1.82) is 0 Å². The van der Waals surface area contributed by atoms with Gasteiger partial charge in [0, 0.05) is 0 Å². The molecule has 7 heteroatoms. The average Bonchev–Trinajstić information content (AvgIpc) is 2.45. The monoisotopic (exact) mass is 329 g/mol. The van der Waals surface area contributed by atoms with Crippen LogP contribution in [0.3, 0.4) is 0 Å². The molecule has 0 saturated heterocycles. The van der Waals surface area contributed by atoms with E-state index in [1.165, 1.54) is 19.2 Å². The van der Waals surface area contributed by atoms with Crippen LogP contribution in [0.25, 0.3) is 0 Å². The third kappa shape index (κ3) is 4.71. The molecule has 0 bridgehead atoms. The number of carbonyl (C=O) groups is 1. The Bertz CT molecular complexity index is 625. The maximum atomic E-state index is 12.3. The molecule has 0 unspecified atom stereocenters. The molecule has 0 fully saturated rings. The maximum Gasteiger partial charge on any atom is 0.323 e. The van der Waals surface area contributed by atoms with Gasteiger partial charge < -0.3 is 9.47 Å². The van der Waals surface area contributed by atoms with Crippen LogP contribution in [0.4, 0.5) is 0 Å². The Morgan fingerprint density at radius 2 is 1.95 bits per heavy atom. The van der Waals surface area contributed by atoms with Crippen molar-refractivity contribution in [3.05, 3.63) is 23.8 Å². The molecule has 22 heavy (non-hydrogen) atoms. The predicted molar refractivity (Wildman–Crippen MR) is 83.4 cm³/mol. The number of nitrogens with one attached hydrogen (secondary N) is 1. The van der Waals surface area contributed by atoms with Crippen LogP contribution >= 0.6 is 0 Å². The van der Waals surface area contributed by atoms with Gasteiger partial charge in [0.2, 0.25) is 10.0 Å². The van der Waals surface area contributed by atoms with Crippen molar-refractivity contribution in [3.63, 3.8) is 0 Å².